The van der Waals surface area contributed by atoms with Crippen LogP contribution in [0.5, 0.6) is 0 Å². The van der Waals surface area contributed by atoms with E-state index in [2.05, 4.69) is 12.2 Å². The van der Waals surface area contributed by atoms with Gasteiger partial charge in [-0.2, -0.15) is 4.31 Å². The van der Waals surface area contributed by atoms with Crippen molar-refractivity contribution in [2.45, 2.75) is 75.3 Å². The molecule has 1 aliphatic carbocycles. The number of benzene rings is 1. The average molecular weight is 396 g/mol. The second-order valence-electron chi connectivity index (χ2n) is 7.39. The summed E-state index contributed by atoms with van der Waals surface area (Å²) in [5.74, 6) is -0.217. The molecule has 0 radical (unpaired) electrons. The molecule has 0 aromatic heterocycles. The van der Waals surface area contributed by atoms with Gasteiger partial charge >= 0.3 is 0 Å². The third-order valence-electron chi connectivity index (χ3n) is 5.41. The zero-order valence-corrected chi connectivity index (χ0v) is 17.3. The third-order valence-corrected chi connectivity index (χ3v) is 7.33. The summed E-state index contributed by atoms with van der Waals surface area (Å²) in [4.78, 5) is 12.6. The van der Waals surface area contributed by atoms with Crippen LogP contribution in [-0.4, -0.2) is 44.3 Å². The van der Waals surface area contributed by atoms with Crippen molar-refractivity contribution in [2.24, 2.45) is 5.73 Å². The molecular weight excluding hydrogens is 362 g/mol. The molecule has 27 heavy (non-hydrogen) atoms. The van der Waals surface area contributed by atoms with Crippen molar-refractivity contribution in [1.82, 2.24) is 9.62 Å². The Morgan fingerprint density at radius 3 is 2.41 bits per heavy atom. The Labute approximate surface area is 163 Å². The van der Waals surface area contributed by atoms with Crippen molar-refractivity contribution in [2.75, 3.05) is 13.6 Å². The first kappa shape index (κ1) is 21.9. The van der Waals surface area contributed by atoms with Crippen molar-refractivity contribution < 1.29 is 13.2 Å². The van der Waals surface area contributed by atoms with E-state index in [4.69, 9.17) is 5.73 Å². The normalized spacial score (nSPS) is 17.0. The zero-order chi connectivity index (χ0) is 19.9. The molecule has 3 N–H and O–H groups in total. The highest BCUT2D eigenvalue weighted by atomic mass is 32.2. The summed E-state index contributed by atoms with van der Waals surface area (Å²) in [5.41, 5.74) is 6.17. The highest BCUT2D eigenvalue weighted by molar-refractivity contribution is 7.89. The number of hydrogen-bond acceptors (Lipinski definition) is 4. The smallest absolute Gasteiger partial charge is 0.251 e. The molecule has 0 spiro atoms. The molecular formula is C20H33N3O3S. The minimum absolute atomic E-state index is 0.0571. The van der Waals surface area contributed by atoms with E-state index in [0.29, 0.717) is 12.1 Å². The molecule has 1 amide bonds. The first-order valence-corrected chi connectivity index (χ1v) is 11.4. The van der Waals surface area contributed by atoms with Gasteiger partial charge < -0.3 is 11.1 Å². The molecule has 1 fully saturated rings. The largest absolute Gasteiger partial charge is 0.348 e. The van der Waals surface area contributed by atoms with Crippen LogP contribution >= 0.6 is 0 Å². The maximum atomic E-state index is 12.9. The van der Waals surface area contributed by atoms with Crippen LogP contribution in [0, 0.1) is 0 Å². The molecule has 0 aliphatic heterocycles. The summed E-state index contributed by atoms with van der Waals surface area (Å²) in [7, 11) is -1.88. The molecule has 1 atom stereocenters. The van der Waals surface area contributed by atoms with Gasteiger partial charge in [-0.05, 0) is 43.5 Å². The summed E-state index contributed by atoms with van der Waals surface area (Å²) in [6, 6.07) is 6.20. The number of rotatable bonds is 9. The van der Waals surface area contributed by atoms with Gasteiger partial charge in [0.25, 0.3) is 5.91 Å². The molecule has 2 rings (SSSR count). The first-order valence-electron chi connectivity index (χ1n) is 9.99. The van der Waals surface area contributed by atoms with Crippen molar-refractivity contribution in [3.8, 4) is 0 Å². The molecule has 6 nitrogen and oxygen atoms in total. The molecule has 1 aromatic carbocycles. The molecule has 7 heteroatoms. The number of nitrogens with zero attached hydrogens (tertiary/aromatic N) is 1. The van der Waals surface area contributed by atoms with Crippen molar-refractivity contribution in [1.29, 1.82) is 0 Å². The number of nitrogens with one attached hydrogen (secondary N) is 1. The van der Waals surface area contributed by atoms with Crippen molar-refractivity contribution in [3.05, 3.63) is 29.8 Å². The van der Waals surface area contributed by atoms with E-state index < -0.39 is 10.0 Å². The Hall–Kier alpha value is -1.44. The van der Waals surface area contributed by atoms with Crippen molar-refractivity contribution >= 4 is 15.9 Å². The van der Waals surface area contributed by atoms with E-state index in [1.165, 1.54) is 22.9 Å². The van der Waals surface area contributed by atoms with Gasteiger partial charge in [-0.25, -0.2) is 8.42 Å². The maximum Gasteiger partial charge on any atom is 0.251 e. The Bertz CT molecular complexity index is 698. The van der Waals surface area contributed by atoms with Gasteiger partial charge in [-0.1, -0.05) is 39.0 Å². The van der Waals surface area contributed by atoms with Crippen LogP contribution in [0.1, 0.15) is 68.6 Å². The lowest BCUT2D eigenvalue weighted by Crippen LogP contribution is -2.40. The minimum atomic E-state index is -3.54. The second kappa shape index (κ2) is 10.2. The predicted molar refractivity (Wildman–Crippen MR) is 108 cm³/mol. The van der Waals surface area contributed by atoms with Gasteiger partial charge in [0.15, 0.2) is 0 Å². The highest BCUT2D eigenvalue weighted by Crippen LogP contribution is 2.26. The Morgan fingerprint density at radius 1 is 1.22 bits per heavy atom. The maximum absolute atomic E-state index is 12.9. The van der Waals surface area contributed by atoms with Gasteiger partial charge in [0.2, 0.25) is 10.0 Å². The average Bonchev–Trinajstić information content (AvgIpc) is 2.71. The standard InChI is InChI=1S/C20H33N3O3S/c1-3-4-8-17(15-21)22-20(24)16-11-13-19(14-12-16)27(25,26)23(2)18-9-6-5-7-10-18/h11-14,17-18H,3-10,15,21H2,1-2H3,(H,22,24). The summed E-state index contributed by atoms with van der Waals surface area (Å²) < 4.78 is 27.2. The number of unbranched alkanes of at least 4 members (excludes halogenated alkanes) is 1. The number of sulfonamides is 1. The van der Waals surface area contributed by atoms with Crippen LogP contribution in [0.3, 0.4) is 0 Å². The summed E-state index contributed by atoms with van der Waals surface area (Å²) in [6.45, 7) is 2.49. The molecule has 1 unspecified atom stereocenters. The van der Waals surface area contributed by atoms with E-state index in [1.54, 1.807) is 19.2 Å². The Balaban J connectivity index is 2.05. The van der Waals surface area contributed by atoms with Crippen LogP contribution in [0.4, 0.5) is 0 Å². The van der Waals surface area contributed by atoms with Gasteiger partial charge in [0.05, 0.1) is 4.90 Å². The van der Waals surface area contributed by atoms with Gasteiger partial charge in [0.1, 0.15) is 0 Å². The lowest BCUT2D eigenvalue weighted by molar-refractivity contribution is 0.0935. The number of carbonyl (C=O) groups is 1. The fourth-order valence-electron chi connectivity index (χ4n) is 3.55. The van der Waals surface area contributed by atoms with Gasteiger partial charge in [-0.15, -0.1) is 0 Å². The fourth-order valence-corrected chi connectivity index (χ4v) is 4.97. The van der Waals surface area contributed by atoms with Gasteiger partial charge in [0, 0.05) is 31.2 Å². The number of nitrogens with two attached hydrogens (primary N) is 1. The van der Waals surface area contributed by atoms with E-state index in [0.717, 1.165) is 44.9 Å². The quantitative estimate of drug-likeness (QED) is 0.672. The Kier molecular flexibility index (Phi) is 8.26. The fraction of sp³-hybridized carbons (Fsp3) is 0.650. The number of carbonyl (C=O) groups excluding carboxylic acids is 1. The van der Waals surface area contributed by atoms with Crippen LogP contribution in [0.2, 0.25) is 0 Å². The van der Waals surface area contributed by atoms with Crippen LogP contribution in [0.25, 0.3) is 0 Å². The minimum Gasteiger partial charge on any atom is -0.348 e. The topological polar surface area (TPSA) is 92.5 Å². The monoisotopic (exact) mass is 395 g/mol. The van der Waals surface area contributed by atoms with Crippen LogP contribution in [0.15, 0.2) is 29.2 Å². The molecule has 152 valence electrons. The lowest BCUT2D eigenvalue weighted by atomic mass is 9.96. The lowest BCUT2D eigenvalue weighted by Gasteiger charge is -2.30. The molecule has 1 aromatic rings. The van der Waals surface area contributed by atoms with Crippen LogP contribution < -0.4 is 11.1 Å². The second-order valence-corrected chi connectivity index (χ2v) is 9.38. The molecule has 0 bridgehead atoms. The molecule has 1 saturated carbocycles. The summed E-state index contributed by atoms with van der Waals surface area (Å²) >= 11 is 0. The van der Waals surface area contributed by atoms with E-state index >= 15 is 0 Å². The molecule has 0 saturated heterocycles. The zero-order valence-electron chi connectivity index (χ0n) is 16.5. The SMILES string of the molecule is CCCCC(CN)NC(=O)c1ccc(S(=O)(=O)N(C)C2CCCCC2)cc1. The summed E-state index contributed by atoms with van der Waals surface area (Å²) in [5, 5.41) is 2.93. The summed E-state index contributed by atoms with van der Waals surface area (Å²) in [6.07, 6.45) is 8.05. The number of hydrogen-bond donors (Lipinski definition) is 2. The van der Waals surface area contributed by atoms with E-state index in [-0.39, 0.29) is 22.9 Å². The highest BCUT2D eigenvalue weighted by Gasteiger charge is 2.29. The molecule has 1 aliphatic rings. The predicted octanol–water partition coefficient (Wildman–Crippen LogP) is 2.89. The van der Waals surface area contributed by atoms with Crippen molar-refractivity contribution in [3.63, 3.8) is 0 Å². The molecule has 0 heterocycles. The third kappa shape index (κ3) is 5.77. The van der Waals surface area contributed by atoms with E-state index in [9.17, 15) is 13.2 Å². The Morgan fingerprint density at radius 2 is 1.85 bits per heavy atom. The van der Waals surface area contributed by atoms with E-state index in [1.807, 2.05) is 0 Å². The first-order chi connectivity index (χ1) is 12.9. The number of amides is 1. The van der Waals surface area contributed by atoms with Crippen LogP contribution in [-0.2, 0) is 10.0 Å². The van der Waals surface area contributed by atoms with Gasteiger partial charge in [-0.3, -0.25) is 4.79 Å².